The largest absolute Gasteiger partial charge is 0.469 e. The van der Waals surface area contributed by atoms with E-state index >= 15 is 0 Å². The van der Waals surface area contributed by atoms with Gasteiger partial charge in [0.25, 0.3) is 0 Å². The summed E-state index contributed by atoms with van der Waals surface area (Å²) in [5, 5.41) is 0. The van der Waals surface area contributed by atoms with Gasteiger partial charge in [-0.05, 0) is 91.8 Å². The van der Waals surface area contributed by atoms with Crippen molar-refractivity contribution in [2.45, 2.75) is 105 Å². The summed E-state index contributed by atoms with van der Waals surface area (Å²) < 4.78 is 5.53. The Labute approximate surface area is 179 Å². The lowest BCUT2D eigenvalue weighted by Crippen LogP contribution is -2.57. The van der Waals surface area contributed by atoms with E-state index in [4.69, 9.17) is 4.74 Å². The summed E-state index contributed by atoms with van der Waals surface area (Å²) in [4.78, 5) is 13.3. The zero-order chi connectivity index (χ0) is 20.8. The van der Waals surface area contributed by atoms with Gasteiger partial charge in [0.15, 0.2) is 0 Å². The summed E-state index contributed by atoms with van der Waals surface area (Å²) in [6.45, 7) is 10.00. The molecule has 0 spiro atoms. The Bertz CT molecular complexity index is 599. The maximum Gasteiger partial charge on any atom is 0.312 e. The van der Waals surface area contributed by atoms with Crippen LogP contribution in [0.1, 0.15) is 105 Å². The van der Waals surface area contributed by atoms with E-state index in [1.54, 1.807) is 7.11 Å². The van der Waals surface area contributed by atoms with Crippen LogP contribution in [0, 0.1) is 52.3 Å². The van der Waals surface area contributed by atoms with Gasteiger partial charge in [-0.2, -0.15) is 0 Å². The summed E-state index contributed by atoms with van der Waals surface area (Å²) in [7, 11) is 1.64. The van der Waals surface area contributed by atoms with Crippen molar-refractivity contribution in [1.29, 1.82) is 0 Å². The third-order valence-corrected chi connectivity index (χ3v) is 10.8. The van der Waals surface area contributed by atoms with Crippen molar-refractivity contribution < 1.29 is 9.53 Å². The number of ether oxygens (including phenoxy) is 1. The molecule has 0 aromatic carbocycles. The molecule has 0 bridgehead atoms. The fourth-order valence-electron chi connectivity index (χ4n) is 9.88. The lowest BCUT2D eigenvalue weighted by molar-refractivity contribution is -0.183. The molecule has 2 nitrogen and oxygen atoms in total. The van der Waals surface area contributed by atoms with Gasteiger partial charge in [0.1, 0.15) is 0 Å². The van der Waals surface area contributed by atoms with Crippen molar-refractivity contribution >= 4 is 5.97 Å². The van der Waals surface area contributed by atoms with E-state index in [0.29, 0.717) is 17.3 Å². The van der Waals surface area contributed by atoms with Gasteiger partial charge in [-0.15, -0.1) is 0 Å². The lowest BCUT2D eigenvalue weighted by atomic mass is 9.44. The van der Waals surface area contributed by atoms with E-state index in [0.717, 1.165) is 36.0 Å². The molecule has 4 saturated carbocycles. The number of fused-ring (bicyclic) bond motifs is 5. The first-order chi connectivity index (χ1) is 13.9. The number of carbonyl (C=O) groups is 1. The van der Waals surface area contributed by atoms with Crippen LogP contribution in [0.2, 0.25) is 0 Å². The Morgan fingerprint density at radius 1 is 1.07 bits per heavy atom. The molecular weight excluding hydrogens is 356 g/mol. The Hall–Kier alpha value is -0.530. The second kappa shape index (κ2) is 8.19. The van der Waals surface area contributed by atoms with Crippen molar-refractivity contribution in [2.75, 3.05) is 7.11 Å². The molecule has 0 aromatic rings. The van der Waals surface area contributed by atoms with Gasteiger partial charge < -0.3 is 4.74 Å². The van der Waals surface area contributed by atoms with Crippen LogP contribution in [-0.2, 0) is 9.53 Å². The first kappa shape index (κ1) is 21.7. The summed E-state index contributed by atoms with van der Waals surface area (Å²) >= 11 is 0. The highest BCUT2D eigenvalue weighted by molar-refractivity contribution is 5.78. The standard InChI is InChI=1S/C27H46O2/c1-6-10-18(3)24-19(7-2)17-23-21-13-12-20-11-8-9-15-27(20,25(28)29-5)22(21)14-16-26(23,24)4/h18-24H,6-17H2,1-5H3/t18-,19?,20?,21-,22+,23+,24+,26+,27-/m1/s1. The fourth-order valence-corrected chi connectivity index (χ4v) is 9.88. The molecule has 166 valence electrons. The van der Waals surface area contributed by atoms with Crippen LogP contribution in [0.25, 0.3) is 0 Å². The van der Waals surface area contributed by atoms with Crippen LogP contribution in [0.3, 0.4) is 0 Å². The Kier molecular flexibility index (Phi) is 6.13. The maximum absolute atomic E-state index is 13.3. The molecule has 29 heavy (non-hydrogen) atoms. The van der Waals surface area contributed by atoms with Crippen LogP contribution in [0.4, 0.5) is 0 Å². The molecule has 9 atom stereocenters. The van der Waals surface area contributed by atoms with Crippen LogP contribution in [0.5, 0.6) is 0 Å². The molecule has 4 aliphatic carbocycles. The molecule has 0 saturated heterocycles. The van der Waals surface area contributed by atoms with Crippen molar-refractivity contribution in [3.8, 4) is 0 Å². The molecule has 4 aliphatic rings. The third-order valence-electron chi connectivity index (χ3n) is 10.8. The first-order valence-corrected chi connectivity index (χ1v) is 13.0. The summed E-state index contributed by atoms with van der Waals surface area (Å²) in [5.41, 5.74) is 0.349. The molecule has 0 aliphatic heterocycles. The number of hydrogen-bond donors (Lipinski definition) is 0. The average Bonchev–Trinajstić information content (AvgIpc) is 3.05. The van der Waals surface area contributed by atoms with Crippen LogP contribution < -0.4 is 0 Å². The molecule has 2 heteroatoms. The number of rotatable bonds is 5. The van der Waals surface area contributed by atoms with Crippen molar-refractivity contribution in [3.63, 3.8) is 0 Å². The first-order valence-electron chi connectivity index (χ1n) is 13.0. The van der Waals surface area contributed by atoms with E-state index in [1.165, 1.54) is 70.6 Å². The molecule has 2 unspecified atom stereocenters. The maximum atomic E-state index is 13.3. The van der Waals surface area contributed by atoms with Crippen molar-refractivity contribution in [1.82, 2.24) is 0 Å². The van der Waals surface area contributed by atoms with E-state index in [-0.39, 0.29) is 11.4 Å². The van der Waals surface area contributed by atoms with Gasteiger partial charge in [-0.1, -0.05) is 59.8 Å². The highest BCUT2D eigenvalue weighted by Crippen LogP contribution is 2.70. The van der Waals surface area contributed by atoms with Crippen LogP contribution >= 0.6 is 0 Å². The van der Waals surface area contributed by atoms with Gasteiger partial charge >= 0.3 is 5.97 Å². The fraction of sp³-hybridized carbons (Fsp3) is 0.963. The van der Waals surface area contributed by atoms with Gasteiger partial charge in [0.05, 0.1) is 12.5 Å². The highest BCUT2D eigenvalue weighted by atomic mass is 16.5. The monoisotopic (exact) mass is 402 g/mol. The second-order valence-corrected chi connectivity index (χ2v) is 11.7. The smallest absolute Gasteiger partial charge is 0.312 e. The molecular formula is C27H46O2. The van der Waals surface area contributed by atoms with Gasteiger partial charge in [0.2, 0.25) is 0 Å². The zero-order valence-electron chi connectivity index (χ0n) is 19.8. The molecule has 0 radical (unpaired) electrons. The minimum absolute atomic E-state index is 0.147. The normalized spacial score (nSPS) is 47.6. The molecule has 4 rings (SSSR count). The number of methoxy groups -OCH3 is 1. The molecule has 0 heterocycles. The molecule has 0 amide bonds. The number of hydrogen-bond acceptors (Lipinski definition) is 2. The summed E-state index contributed by atoms with van der Waals surface area (Å²) in [6.07, 6.45) is 15.6. The predicted octanol–water partition coefficient (Wildman–Crippen LogP) is 7.26. The van der Waals surface area contributed by atoms with Crippen LogP contribution in [-0.4, -0.2) is 13.1 Å². The van der Waals surface area contributed by atoms with E-state index in [2.05, 4.69) is 27.7 Å². The quantitative estimate of drug-likeness (QED) is 0.452. The number of esters is 1. The zero-order valence-corrected chi connectivity index (χ0v) is 19.8. The second-order valence-electron chi connectivity index (χ2n) is 11.7. The lowest BCUT2D eigenvalue weighted by Gasteiger charge is -2.60. The Balaban J connectivity index is 1.68. The summed E-state index contributed by atoms with van der Waals surface area (Å²) in [5.74, 6) is 5.55. The Morgan fingerprint density at radius 3 is 2.55 bits per heavy atom. The van der Waals surface area contributed by atoms with E-state index < -0.39 is 0 Å². The molecule has 0 aromatic heterocycles. The molecule has 4 fully saturated rings. The van der Waals surface area contributed by atoms with Crippen molar-refractivity contribution in [2.24, 2.45) is 52.3 Å². The van der Waals surface area contributed by atoms with E-state index in [1.807, 2.05) is 0 Å². The third kappa shape index (κ3) is 3.13. The van der Waals surface area contributed by atoms with Crippen molar-refractivity contribution in [3.05, 3.63) is 0 Å². The number of carbonyl (C=O) groups excluding carboxylic acids is 1. The summed E-state index contributed by atoms with van der Waals surface area (Å²) in [6, 6.07) is 0. The predicted molar refractivity (Wildman–Crippen MR) is 119 cm³/mol. The Morgan fingerprint density at radius 2 is 1.86 bits per heavy atom. The molecule has 0 N–H and O–H groups in total. The van der Waals surface area contributed by atoms with E-state index in [9.17, 15) is 4.79 Å². The topological polar surface area (TPSA) is 26.3 Å². The van der Waals surface area contributed by atoms with Gasteiger partial charge in [-0.25, -0.2) is 0 Å². The minimum atomic E-state index is -0.147. The highest BCUT2D eigenvalue weighted by Gasteiger charge is 2.65. The van der Waals surface area contributed by atoms with Crippen LogP contribution in [0.15, 0.2) is 0 Å². The average molecular weight is 403 g/mol. The van der Waals surface area contributed by atoms with Gasteiger partial charge in [0, 0.05) is 0 Å². The van der Waals surface area contributed by atoms with Gasteiger partial charge in [-0.3, -0.25) is 4.79 Å². The minimum Gasteiger partial charge on any atom is -0.469 e. The SMILES string of the molecule is CCC[C@@H](C)[C@H]1C(CC)C[C@H]2[C@@H]3CCC4CCCC[C@]4(C(=O)OC)[C@H]3CC[C@]12C.